The van der Waals surface area contributed by atoms with Gasteiger partial charge in [-0.2, -0.15) is 0 Å². The Labute approximate surface area is 157 Å². The molecule has 1 aromatic carbocycles. The lowest BCUT2D eigenvalue weighted by Gasteiger charge is -2.14. The number of hydrogen-bond donors (Lipinski definition) is 3. The molecule has 1 heterocycles. The van der Waals surface area contributed by atoms with E-state index in [1.165, 1.54) is 28.1 Å². The molecule has 1 aromatic heterocycles. The predicted molar refractivity (Wildman–Crippen MR) is 102 cm³/mol. The first kappa shape index (κ1) is 20.3. The molecule has 0 amide bonds. The maximum absolute atomic E-state index is 9.55. The van der Waals surface area contributed by atoms with E-state index in [1.54, 1.807) is 7.11 Å². The number of benzene rings is 1. The maximum atomic E-state index is 9.55. The van der Waals surface area contributed by atoms with Crippen molar-refractivity contribution in [3.05, 3.63) is 53.2 Å². The van der Waals surface area contributed by atoms with Crippen LogP contribution in [0.4, 0.5) is 0 Å². The Morgan fingerprint density at radius 3 is 2.37 bits per heavy atom. The molecule has 27 heavy (non-hydrogen) atoms. The number of carbonyl (C=O) groups is 2. The van der Waals surface area contributed by atoms with E-state index < -0.39 is 11.9 Å². The van der Waals surface area contributed by atoms with Crippen molar-refractivity contribution >= 4 is 11.9 Å². The van der Waals surface area contributed by atoms with Crippen LogP contribution in [0.1, 0.15) is 23.7 Å². The number of aryl methyl sites for hydroxylation is 1. The number of carboxylic acids is 2. The van der Waals surface area contributed by atoms with Crippen molar-refractivity contribution in [2.75, 3.05) is 7.11 Å². The average molecular weight is 372 g/mol. The van der Waals surface area contributed by atoms with Gasteiger partial charge in [-0.15, -0.1) is 0 Å². The number of rotatable bonds is 5. The Bertz CT molecular complexity index is 865. The molecule has 7 heteroatoms. The lowest BCUT2D eigenvalue weighted by molar-refractivity contribution is -0.134. The van der Waals surface area contributed by atoms with E-state index in [2.05, 4.69) is 36.6 Å². The molecule has 4 N–H and O–H groups in total. The van der Waals surface area contributed by atoms with E-state index in [0.717, 1.165) is 18.7 Å². The van der Waals surface area contributed by atoms with Gasteiger partial charge in [-0.25, -0.2) is 9.59 Å². The number of nitrogens with zero attached hydrogens (tertiary/aromatic N) is 1. The Kier molecular flexibility index (Phi) is 6.41. The highest BCUT2D eigenvalue weighted by Crippen LogP contribution is 2.40. The van der Waals surface area contributed by atoms with Crippen LogP contribution in [-0.2, 0) is 22.6 Å². The molecule has 3 rings (SSSR count). The van der Waals surface area contributed by atoms with Crippen LogP contribution >= 0.6 is 0 Å². The minimum absolute atomic E-state index is 0.164. The molecule has 7 nitrogen and oxygen atoms in total. The van der Waals surface area contributed by atoms with Crippen molar-refractivity contribution in [2.24, 2.45) is 5.73 Å². The third-order valence-corrected chi connectivity index (χ3v) is 4.17. The first-order valence-corrected chi connectivity index (χ1v) is 8.48. The standard InChI is InChI=1S/C16H20N2O.C4H4O4/c1-10(17)9-18-11(2)6-13-7-12-8-14(19-3)4-5-15(12)16(13)18;5-3(6)1-2-4(7)8/h4-6,8,10H,7,9,17H2,1-3H3;1-2H,(H,5,6)(H,7,8)/b;2-1+. The van der Waals surface area contributed by atoms with Gasteiger partial charge in [0, 0.05) is 42.4 Å². The molecule has 0 aliphatic heterocycles. The fourth-order valence-electron chi connectivity index (χ4n) is 3.15. The molecule has 0 saturated heterocycles. The molecular formula is C20H24N2O5. The minimum atomic E-state index is -1.26. The van der Waals surface area contributed by atoms with Crippen LogP contribution in [0.3, 0.4) is 0 Å². The molecule has 1 unspecified atom stereocenters. The van der Waals surface area contributed by atoms with Crippen LogP contribution in [0.15, 0.2) is 36.4 Å². The van der Waals surface area contributed by atoms with Crippen molar-refractivity contribution in [3.8, 4) is 17.0 Å². The first-order valence-electron chi connectivity index (χ1n) is 8.48. The van der Waals surface area contributed by atoms with Gasteiger partial charge in [0.1, 0.15) is 5.75 Å². The molecule has 1 aliphatic carbocycles. The monoisotopic (exact) mass is 372 g/mol. The number of nitrogens with two attached hydrogens (primary N) is 1. The molecule has 0 bridgehead atoms. The molecule has 1 atom stereocenters. The maximum Gasteiger partial charge on any atom is 0.328 e. The van der Waals surface area contributed by atoms with Crippen LogP contribution in [-0.4, -0.2) is 39.9 Å². The molecule has 0 fully saturated rings. The zero-order chi connectivity index (χ0) is 20.1. The summed E-state index contributed by atoms with van der Waals surface area (Å²) in [5.74, 6) is -1.58. The summed E-state index contributed by atoms with van der Waals surface area (Å²) in [7, 11) is 1.71. The second-order valence-corrected chi connectivity index (χ2v) is 6.46. The van der Waals surface area contributed by atoms with Crippen molar-refractivity contribution in [2.45, 2.75) is 32.9 Å². The van der Waals surface area contributed by atoms with Gasteiger partial charge >= 0.3 is 11.9 Å². The van der Waals surface area contributed by atoms with Crippen molar-refractivity contribution in [1.82, 2.24) is 4.57 Å². The van der Waals surface area contributed by atoms with Crippen molar-refractivity contribution < 1.29 is 24.5 Å². The normalized spacial score (nSPS) is 12.7. The molecule has 0 saturated carbocycles. The van der Waals surface area contributed by atoms with Crippen LogP contribution in [0, 0.1) is 6.92 Å². The van der Waals surface area contributed by atoms with Crippen LogP contribution in [0.5, 0.6) is 5.75 Å². The third-order valence-electron chi connectivity index (χ3n) is 4.17. The summed E-state index contributed by atoms with van der Waals surface area (Å²) in [6, 6.07) is 8.78. The fraction of sp³-hybridized carbons (Fsp3) is 0.300. The fourth-order valence-corrected chi connectivity index (χ4v) is 3.15. The number of aliphatic carboxylic acids is 2. The molecular weight excluding hydrogens is 348 g/mol. The summed E-state index contributed by atoms with van der Waals surface area (Å²) in [6.45, 7) is 5.08. The number of carboxylic acid groups (broad SMARTS) is 2. The van der Waals surface area contributed by atoms with Gasteiger partial charge in [-0.05, 0) is 49.2 Å². The Morgan fingerprint density at radius 2 is 1.85 bits per heavy atom. The predicted octanol–water partition coefficient (Wildman–Crippen LogP) is 2.44. The molecule has 144 valence electrons. The largest absolute Gasteiger partial charge is 0.497 e. The first-order chi connectivity index (χ1) is 12.7. The van der Waals surface area contributed by atoms with Crippen molar-refractivity contribution in [1.29, 1.82) is 0 Å². The van der Waals surface area contributed by atoms with E-state index in [1.807, 2.05) is 6.07 Å². The van der Waals surface area contributed by atoms with Gasteiger partial charge in [-0.3, -0.25) is 0 Å². The Morgan fingerprint density at radius 1 is 1.22 bits per heavy atom. The summed E-state index contributed by atoms with van der Waals surface area (Å²) >= 11 is 0. The summed E-state index contributed by atoms with van der Waals surface area (Å²) in [5.41, 5.74) is 12.7. The Hall–Kier alpha value is -3.06. The van der Waals surface area contributed by atoms with E-state index >= 15 is 0 Å². The zero-order valence-corrected chi connectivity index (χ0v) is 15.6. The SMILES string of the molecule is COc1ccc2c(c1)Cc1cc(C)n(CC(C)N)c1-2.O=C(O)/C=C/C(=O)O. The van der Waals surface area contributed by atoms with E-state index in [4.69, 9.17) is 20.7 Å². The second kappa shape index (κ2) is 8.55. The van der Waals surface area contributed by atoms with Gasteiger partial charge in [0.2, 0.25) is 0 Å². The number of methoxy groups -OCH3 is 1. The zero-order valence-electron chi connectivity index (χ0n) is 15.6. The number of hydrogen-bond acceptors (Lipinski definition) is 4. The second-order valence-electron chi connectivity index (χ2n) is 6.46. The van der Waals surface area contributed by atoms with E-state index in [9.17, 15) is 9.59 Å². The van der Waals surface area contributed by atoms with Gasteiger partial charge in [-0.1, -0.05) is 0 Å². The average Bonchev–Trinajstić information content (AvgIpc) is 3.08. The van der Waals surface area contributed by atoms with E-state index in [-0.39, 0.29) is 6.04 Å². The summed E-state index contributed by atoms with van der Waals surface area (Å²) in [4.78, 5) is 19.1. The highest BCUT2D eigenvalue weighted by Gasteiger charge is 2.24. The summed E-state index contributed by atoms with van der Waals surface area (Å²) < 4.78 is 7.65. The molecule has 0 spiro atoms. The van der Waals surface area contributed by atoms with Gasteiger partial charge in [0.15, 0.2) is 0 Å². The van der Waals surface area contributed by atoms with E-state index in [0.29, 0.717) is 12.2 Å². The van der Waals surface area contributed by atoms with Crippen LogP contribution < -0.4 is 10.5 Å². The molecule has 0 radical (unpaired) electrons. The summed E-state index contributed by atoms with van der Waals surface area (Å²) in [6.07, 6.45) is 2.11. The quantitative estimate of drug-likeness (QED) is 0.593. The van der Waals surface area contributed by atoms with Crippen molar-refractivity contribution in [3.63, 3.8) is 0 Å². The molecule has 2 aromatic rings. The highest BCUT2D eigenvalue weighted by atomic mass is 16.5. The Balaban J connectivity index is 0.000000279. The van der Waals surface area contributed by atoms with Gasteiger partial charge in [0.25, 0.3) is 0 Å². The van der Waals surface area contributed by atoms with Crippen LogP contribution in [0.2, 0.25) is 0 Å². The summed E-state index contributed by atoms with van der Waals surface area (Å²) in [5, 5.41) is 15.6. The van der Waals surface area contributed by atoms with Gasteiger partial charge < -0.3 is 25.3 Å². The number of fused-ring (bicyclic) bond motifs is 3. The highest BCUT2D eigenvalue weighted by molar-refractivity contribution is 5.89. The van der Waals surface area contributed by atoms with Crippen LogP contribution in [0.25, 0.3) is 11.3 Å². The minimum Gasteiger partial charge on any atom is -0.497 e. The smallest absolute Gasteiger partial charge is 0.328 e. The number of aromatic nitrogens is 1. The lowest BCUT2D eigenvalue weighted by atomic mass is 10.1. The topological polar surface area (TPSA) is 115 Å². The third kappa shape index (κ3) is 4.98. The molecule has 1 aliphatic rings. The van der Waals surface area contributed by atoms with Gasteiger partial charge in [0.05, 0.1) is 12.8 Å². The number of ether oxygens (including phenoxy) is 1. The lowest BCUT2D eigenvalue weighted by Crippen LogP contribution is -2.23.